The Hall–Kier alpha value is -1.02. The van der Waals surface area contributed by atoms with Crippen molar-refractivity contribution in [3.63, 3.8) is 0 Å². The van der Waals surface area contributed by atoms with Crippen LogP contribution in [-0.2, 0) is 5.41 Å². The maximum atomic E-state index is 6.44. The van der Waals surface area contributed by atoms with E-state index < -0.39 is 0 Å². The molecule has 0 spiro atoms. The van der Waals surface area contributed by atoms with Crippen molar-refractivity contribution in [2.75, 3.05) is 0 Å². The molecule has 0 heterocycles. The first-order valence-corrected chi connectivity index (χ1v) is 7.36. The minimum atomic E-state index is -0.254. The molecule has 0 saturated carbocycles. The number of halogens is 2. The molecule has 0 aliphatic rings. The Morgan fingerprint density at radius 1 is 0.950 bits per heavy atom. The van der Waals surface area contributed by atoms with Gasteiger partial charge in [0.25, 0.3) is 0 Å². The number of benzene rings is 2. The Morgan fingerprint density at radius 3 is 2.20 bits per heavy atom. The van der Waals surface area contributed by atoms with Crippen LogP contribution in [-0.4, -0.2) is 0 Å². The van der Waals surface area contributed by atoms with Crippen LogP contribution >= 0.6 is 23.2 Å². The van der Waals surface area contributed by atoms with Crippen LogP contribution in [0.5, 0.6) is 0 Å². The van der Waals surface area contributed by atoms with Crippen LogP contribution in [0.3, 0.4) is 0 Å². The van der Waals surface area contributed by atoms with Crippen LogP contribution in [0, 0.1) is 0 Å². The maximum Gasteiger partial charge on any atom is 0.0569 e. The molecule has 1 atom stereocenters. The second kappa shape index (κ2) is 5.77. The standard InChI is InChI=1S/C17H19Cl2N/c1-17(2,3)14-7-5-4-6-12(14)16(20)13-9-8-11(18)10-15(13)19/h4-10,16H,20H2,1-3H3. The average Bonchev–Trinajstić information content (AvgIpc) is 2.37. The highest BCUT2D eigenvalue weighted by Gasteiger charge is 2.22. The summed E-state index contributed by atoms with van der Waals surface area (Å²) in [7, 11) is 0. The van der Waals surface area contributed by atoms with Crippen molar-refractivity contribution >= 4 is 23.2 Å². The van der Waals surface area contributed by atoms with E-state index in [0.717, 1.165) is 11.1 Å². The summed E-state index contributed by atoms with van der Waals surface area (Å²) in [5.74, 6) is 0. The molecule has 2 aromatic rings. The maximum absolute atomic E-state index is 6.44. The van der Waals surface area contributed by atoms with E-state index in [4.69, 9.17) is 28.9 Å². The molecule has 20 heavy (non-hydrogen) atoms. The molecule has 2 aromatic carbocycles. The molecule has 0 saturated heterocycles. The van der Waals surface area contributed by atoms with E-state index >= 15 is 0 Å². The molecule has 3 heteroatoms. The first kappa shape index (κ1) is 15.4. The van der Waals surface area contributed by atoms with Crippen molar-refractivity contribution in [2.45, 2.75) is 32.2 Å². The van der Waals surface area contributed by atoms with Gasteiger partial charge < -0.3 is 5.73 Å². The van der Waals surface area contributed by atoms with Gasteiger partial charge in [-0.1, -0.05) is 74.3 Å². The predicted molar refractivity (Wildman–Crippen MR) is 87.6 cm³/mol. The van der Waals surface area contributed by atoms with Gasteiger partial charge in [0.2, 0.25) is 0 Å². The average molecular weight is 308 g/mol. The Labute approximate surface area is 130 Å². The highest BCUT2D eigenvalue weighted by atomic mass is 35.5. The van der Waals surface area contributed by atoms with Gasteiger partial charge in [-0.2, -0.15) is 0 Å². The minimum absolute atomic E-state index is 0.0348. The topological polar surface area (TPSA) is 26.0 Å². The predicted octanol–water partition coefficient (Wildman–Crippen LogP) is 5.34. The van der Waals surface area contributed by atoms with Gasteiger partial charge in [-0.15, -0.1) is 0 Å². The van der Waals surface area contributed by atoms with Gasteiger partial charge in [0.15, 0.2) is 0 Å². The Morgan fingerprint density at radius 2 is 1.60 bits per heavy atom. The fourth-order valence-corrected chi connectivity index (χ4v) is 2.90. The molecule has 2 rings (SSSR count). The number of rotatable bonds is 2. The van der Waals surface area contributed by atoms with E-state index in [1.165, 1.54) is 5.56 Å². The monoisotopic (exact) mass is 307 g/mol. The summed E-state index contributed by atoms with van der Waals surface area (Å²) >= 11 is 12.2. The lowest BCUT2D eigenvalue weighted by Crippen LogP contribution is -2.20. The van der Waals surface area contributed by atoms with Gasteiger partial charge in [-0.25, -0.2) is 0 Å². The molecule has 0 amide bonds. The smallest absolute Gasteiger partial charge is 0.0569 e. The van der Waals surface area contributed by atoms with Crippen molar-refractivity contribution in [2.24, 2.45) is 5.73 Å². The first-order valence-electron chi connectivity index (χ1n) is 6.60. The third kappa shape index (κ3) is 3.17. The molecule has 2 N–H and O–H groups in total. The van der Waals surface area contributed by atoms with E-state index in [9.17, 15) is 0 Å². The van der Waals surface area contributed by atoms with E-state index in [2.05, 4.69) is 32.9 Å². The summed E-state index contributed by atoms with van der Waals surface area (Å²) < 4.78 is 0. The van der Waals surface area contributed by atoms with Gasteiger partial charge in [0.1, 0.15) is 0 Å². The van der Waals surface area contributed by atoms with Crippen molar-refractivity contribution in [3.05, 3.63) is 69.2 Å². The van der Waals surface area contributed by atoms with E-state index in [1.807, 2.05) is 24.3 Å². The molecule has 106 valence electrons. The lowest BCUT2D eigenvalue weighted by molar-refractivity contribution is 0.578. The zero-order chi connectivity index (χ0) is 14.9. The molecule has 1 unspecified atom stereocenters. The van der Waals surface area contributed by atoms with Gasteiger partial charge in [-0.05, 0) is 34.2 Å². The largest absolute Gasteiger partial charge is 0.320 e. The lowest BCUT2D eigenvalue weighted by Gasteiger charge is -2.26. The fraction of sp³-hybridized carbons (Fsp3) is 0.294. The SMILES string of the molecule is CC(C)(C)c1ccccc1C(N)c1ccc(Cl)cc1Cl. The summed E-state index contributed by atoms with van der Waals surface area (Å²) in [4.78, 5) is 0. The van der Waals surface area contributed by atoms with Crippen molar-refractivity contribution < 1.29 is 0 Å². The van der Waals surface area contributed by atoms with Crippen LogP contribution in [0.4, 0.5) is 0 Å². The van der Waals surface area contributed by atoms with Gasteiger partial charge >= 0.3 is 0 Å². The highest BCUT2D eigenvalue weighted by molar-refractivity contribution is 6.35. The second-order valence-electron chi connectivity index (χ2n) is 5.98. The molecule has 0 radical (unpaired) electrons. The summed E-state index contributed by atoms with van der Waals surface area (Å²) in [6.07, 6.45) is 0. The van der Waals surface area contributed by atoms with E-state index in [0.29, 0.717) is 10.0 Å². The Balaban J connectivity index is 2.51. The van der Waals surface area contributed by atoms with Crippen LogP contribution in [0.2, 0.25) is 10.0 Å². The van der Waals surface area contributed by atoms with Crippen LogP contribution < -0.4 is 5.73 Å². The van der Waals surface area contributed by atoms with Gasteiger partial charge in [-0.3, -0.25) is 0 Å². The minimum Gasteiger partial charge on any atom is -0.320 e. The quantitative estimate of drug-likeness (QED) is 0.796. The van der Waals surface area contributed by atoms with Gasteiger partial charge in [0.05, 0.1) is 6.04 Å². The Bertz CT molecular complexity index is 615. The van der Waals surface area contributed by atoms with E-state index in [1.54, 1.807) is 6.07 Å². The molecule has 0 aromatic heterocycles. The second-order valence-corrected chi connectivity index (χ2v) is 6.82. The summed E-state index contributed by atoms with van der Waals surface area (Å²) in [5, 5.41) is 1.23. The molecule has 0 fully saturated rings. The Kier molecular flexibility index (Phi) is 4.43. The molecule has 0 aliphatic carbocycles. The third-order valence-corrected chi connectivity index (χ3v) is 3.96. The van der Waals surface area contributed by atoms with Gasteiger partial charge in [0, 0.05) is 10.0 Å². The lowest BCUT2D eigenvalue weighted by atomic mass is 9.81. The summed E-state index contributed by atoms with van der Waals surface area (Å²) in [5.41, 5.74) is 9.70. The van der Waals surface area contributed by atoms with E-state index in [-0.39, 0.29) is 11.5 Å². The van der Waals surface area contributed by atoms with Crippen LogP contribution in [0.1, 0.15) is 43.5 Å². The third-order valence-electron chi connectivity index (χ3n) is 3.40. The number of hydrogen-bond donors (Lipinski definition) is 1. The molecule has 1 nitrogen and oxygen atoms in total. The summed E-state index contributed by atoms with van der Waals surface area (Å²) in [6.45, 7) is 6.55. The fourth-order valence-electron chi connectivity index (χ4n) is 2.37. The molecule has 0 aliphatic heterocycles. The van der Waals surface area contributed by atoms with Crippen molar-refractivity contribution in [1.82, 2.24) is 0 Å². The molecular weight excluding hydrogens is 289 g/mol. The van der Waals surface area contributed by atoms with Crippen molar-refractivity contribution in [1.29, 1.82) is 0 Å². The zero-order valence-corrected chi connectivity index (χ0v) is 13.5. The molecular formula is C17H19Cl2N. The first-order chi connectivity index (χ1) is 9.30. The van der Waals surface area contributed by atoms with Crippen LogP contribution in [0.25, 0.3) is 0 Å². The summed E-state index contributed by atoms with van der Waals surface area (Å²) in [6, 6.07) is 13.4. The highest BCUT2D eigenvalue weighted by Crippen LogP contribution is 2.34. The number of nitrogens with two attached hydrogens (primary N) is 1. The zero-order valence-electron chi connectivity index (χ0n) is 12.0. The number of hydrogen-bond acceptors (Lipinski definition) is 1. The van der Waals surface area contributed by atoms with Crippen LogP contribution in [0.15, 0.2) is 42.5 Å². The molecule has 0 bridgehead atoms. The normalized spacial score (nSPS) is 13.3. The van der Waals surface area contributed by atoms with Crippen molar-refractivity contribution in [3.8, 4) is 0 Å².